The van der Waals surface area contributed by atoms with Gasteiger partial charge in [0.25, 0.3) is 0 Å². The average molecular weight is 444 g/mol. The predicted molar refractivity (Wildman–Crippen MR) is 111 cm³/mol. The molecule has 1 aliphatic heterocycles. The number of likely N-dealkylation sites (tertiary alicyclic amines) is 1. The molecule has 13 nitrogen and oxygen atoms in total. The van der Waals surface area contributed by atoms with Gasteiger partial charge in [-0.15, -0.1) is 0 Å². The summed E-state index contributed by atoms with van der Waals surface area (Å²) in [5.41, 5.74) is 16.4. The van der Waals surface area contributed by atoms with E-state index in [9.17, 15) is 24.3 Å². The first kappa shape index (κ1) is 26.1. The van der Waals surface area contributed by atoms with Crippen LogP contribution in [0.3, 0.4) is 0 Å². The molecule has 1 aliphatic rings. The van der Waals surface area contributed by atoms with Gasteiger partial charge in [-0.25, -0.2) is 4.79 Å². The number of carbonyl (C=O) groups is 4. The molecule has 0 aromatic heterocycles. The van der Waals surface area contributed by atoms with Crippen molar-refractivity contribution in [1.82, 2.24) is 15.5 Å². The van der Waals surface area contributed by atoms with Crippen LogP contribution in [0.1, 0.15) is 39.5 Å². The van der Waals surface area contributed by atoms with Crippen molar-refractivity contribution in [1.29, 1.82) is 0 Å². The summed E-state index contributed by atoms with van der Waals surface area (Å²) in [4.78, 5) is 53.8. The Labute approximate surface area is 180 Å². The molecule has 5 unspecified atom stereocenters. The minimum atomic E-state index is -1.51. The topological polar surface area (TPSA) is 226 Å². The molecule has 0 bridgehead atoms. The average Bonchev–Trinajstić information content (AvgIpc) is 3.17. The summed E-state index contributed by atoms with van der Waals surface area (Å²) in [5, 5.41) is 23.2. The van der Waals surface area contributed by atoms with Crippen LogP contribution in [-0.2, 0) is 19.2 Å². The lowest BCUT2D eigenvalue weighted by Gasteiger charge is -2.28. The highest BCUT2D eigenvalue weighted by Crippen LogP contribution is 2.19. The van der Waals surface area contributed by atoms with E-state index in [-0.39, 0.29) is 11.9 Å². The number of nitrogens with two attached hydrogens (primary N) is 3. The smallest absolute Gasteiger partial charge is 0.328 e. The number of rotatable bonds is 11. The lowest BCUT2D eigenvalue weighted by atomic mass is 10.1. The fourth-order valence-electron chi connectivity index (χ4n) is 3.20. The Morgan fingerprint density at radius 1 is 1.19 bits per heavy atom. The third-order valence-corrected chi connectivity index (χ3v) is 4.92. The molecule has 176 valence electrons. The third-order valence-electron chi connectivity index (χ3n) is 4.92. The Bertz CT molecular complexity index is 695. The molecule has 0 radical (unpaired) electrons. The molecule has 3 amide bonds. The van der Waals surface area contributed by atoms with E-state index < -0.39 is 48.1 Å². The maximum Gasteiger partial charge on any atom is 0.328 e. The quantitative estimate of drug-likeness (QED) is 0.0968. The summed E-state index contributed by atoms with van der Waals surface area (Å²) in [5.74, 6) is -3.13. The zero-order valence-electron chi connectivity index (χ0n) is 17.8. The molecule has 0 aromatic rings. The Morgan fingerprint density at radius 3 is 2.39 bits per heavy atom. The molecular weight excluding hydrogens is 410 g/mol. The van der Waals surface area contributed by atoms with Crippen molar-refractivity contribution in [2.24, 2.45) is 22.2 Å². The largest absolute Gasteiger partial charge is 0.480 e. The number of amides is 3. The number of carboxylic acids is 1. The number of aliphatic imine (C=N–C) groups is 1. The zero-order valence-corrected chi connectivity index (χ0v) is 17.8. The Kier molecular flexibility index (Phi) is 10.1. The summed E-state index contributed by atoms with van der Waals surface area (Å²) in [6.45, 7) is 3.31. The van der Waals surface area contributed by atoms with Gasteiger partial charge in [0, 0.05) is 13.1 Å². The van der Waals surface area contributed by atoms with E-state index in [1.54, 1.807) is 0 Å². The lowest BCUT2D eigenvalue weighted by Crippen LogP contribution is -2.57. The van der Waals surface area contributed by atoms with Gasteiger partial charge in [-0.1, -0.05) is 0 Å². The third kappa shape index (κ3) is 8.02. The van der Waals surface area contributed by atoms with Gasteiger partial charge in [-0.2, -0.15) is 0 Å². The number of aliphatic carboxylic acids is 1. The number of carbonyl (C=O) groups excluding carboxylic acids is 3. The number of carboxylic acid groups (broad SMARTS) is 1. The molecule has 0 aromatic carbocycles. The van der Waals surface area contributed by atoms with E-state index in [2.05, 4.69) is 15.6 Å². The predicted octanol–water partition coefficient (Wildman–Crippen LogP) is -3.19. The SMILES string of the molecule is CC(NC(=O)C1CCCN1C(=O)C(N)CCCN=C(N)N)C(=O)NC(C(=O)O)C(C)O. The van der Waals surface area contributed by atoms with Crippen LogP contribution in [0.5, 0.6) is 0 Å². The van der Waals surface area contributed by atoms with Gasteiger partial charge in [-0.3, -0.25) is 19.4 Å². The lowest BCUT2D eigenvalue weighted by molar-refractivity contribution is -0.145. The minimum Gasteiger partial charge on any atom is -0.480 e. The maximum absolute atomic E-state index is 12.7. The standard InChI is InChI=1S/C18H33N7O6/c1-9(14(27)24-13(10(2)26)17(30)31)23-15(28)12-6-4-8-25(12)16(29)11(19)5-3-7-22-18(20)21/h9-13,26H,3-8,19H2,1-2H3,(H,23,28)(H,24,27)(H,30,31)(H4,20,21,22). The van der Waals surface area contributed by atoms with E-state index in [1.807, 2.05) is 0 Å². The van der Waals surface area contributed by atoms with Crippen LogP contribution in [0.4, 0.5) is 0 Å². The molecule has 1 saturated heterocycles. The zero-order chi connectivity index (χ0) is 23.7. The highest BCUT2D eigenvalue weighted by Gasteiger charge is 2.37. The first-order valence-electron chi connectivity index (χ1n) is 10.1. The molecule has 13 heteroatoms. The van der Waals surface area contributed by atoms with Gasteiger partial charge in [-0.05, 0) is 39.5 Å². The number of nitrogens with zero attached hydrogens (tertiary/aromatic N) is 2. The summed E-state index contributed by atoms with van der Waals surface area (Å²) < 4.78 is 0. The molecule has 5 atom stereocenters. The van der Waals surface area contributed by atoms with Crippen molar-refractivity contribution < 1.29 is 29.4 Å². The van der Waals surface area contributed by atoms with Crippen molar-refractivity contribution in [2.45, 2.75) is 69.8 Å². The number of guanidine groups is 1. The molecule has 1 fully saturated rings. The minimum absolute atomic E-state index is 0.0440. The van der Waals surface area contributed by atoms with Crippen LogP contribution < -0.4 is 27.8 Å². The molecule has 31 heavy (non-hydrogen) atoms. The summed E-state index contributed by atoms with van der Waals surface area (Å²) in [6.07, 6.45) is 0.545. The highest BCUT2D eigenvalue weighted by atomic mass is 16.4. The Morgan fingerprint density at radius 2 is 1.84 bits per heavy atom. The number of aliphatic hydroxyl groups excluding tert-OH is 1. The van der Waals surface area contributed by atoms with Gasteiger partial charge >= 0.3 is 5.97 Å². The Balaban J connectivity index is 2.64. The summed E-state index contributed by atoms with van der Waals surface area (Å²) >= 11 is 0. The van der Waals surface area contributed by atoms with Crippen LogP contribution in [0, 0.1) is 0 Å². The van der Waals surface area contributed by atoms with Crippen molar-refractivity contribution in [3.63, 3.8) is 0 Å². The van der Waals surface area contributed by atoms with E-state index in [0.29, 0.717) is 38.8 Å². The van der Waals surface area contributed by atoms with E-state index in [0.717, 1.165) is 0 Å². The van der Waals surface area contributed by atoms with Crippen LogP contribution in [0.25, 0.3) is 0 Å². The highest BCUT2D eigenvalue weighted by molar-refractivity contribution is 5.94. The maximum atomic E-state index is 12.7. The molecule has 1 heterocycles. The number of hydrogen-bond donors (Lipinski definition) is 7. The number of nitrogens with one attached hydrogen (secondary N) is 2. The van der Waals surface area contributed by atoms with Gasteiger partial charge in [0.1, 0.15) is 12.1 Å². The monoisotopic (exact) mass is 443 g/mol. The van der Waals surface area contributed by atoms with E-state index in [4.69, 9.17) is 22.3 Å². The molecule has 0 spiro atoms. The van der Waals surface area contributed by atoms with Crippen LogP contribution in [-0.4, -0.2) is 88.1 Å². The van der Waals surface area contributed by atoms with Gasteiger partial charge in [0.05, 0.1) is 12.1 Å². The molecule has 10 N–H and O–H groups in total. The van der Waals surface area contributed by atoms with E-state index in [1.165, 1.54) is 18.7 Å². The van der Waals surface area contributed by atoms with Crippen molar-refractivity contribution in [3.05, 3.63) is 0 Å². The fourth-order valence-corrected chi connectivity index (χ4v) is 3.20. The van der Waals surface area contributed by atoms with Crippen molar-refractivity contribution >= 4 is 29.7 Å². The fraction of sp³-hybridized carbons (Fsp3) is 0.722. The molecule has 0 saturated carbocycles. The van der Waals surface area contributed by atoms with Crippen molar-refractivity contribution in [3.8, 4) is 0 Å². The first-order valence-corrected chi connectivity index (χ1v) is 10.1. The van der Waals surface area contributed by atoms with E-state index >= 15 is 0 Å². The first-order chi connectivity index (χ1) is 14.5. The summed E-state index contributed by atoms with van der Waals surface area (Å²) in [6, 6.07) is -4.17. The number of hydrogen-bond acceptors (Lipinski definition) is 7. The molecule has 0 aliphatic carbocycles. The van der Waals surface area contributed by atoms with Gasteiger partial charge in [0.2, 0.25) is 17.7 Å². The Hall–Kier alpha value is -2.93. The van der Waals surface area contributed by atoms with Crippen LogP contribution in [0.2, 0.25) is 0 Å². The van der Waals surface area contributed by atoms with Gasteiger partial charge < -0.3 is 42.9 Å². The second-order valence-corrected chi connectivity index (χ2v) is 7.54. The normalized spacial score (nSPS) is 19.6. The molecule has 1 rings (SSSR count). The second-order valence-electron chi connectivity index (χ2n) is 7.54. The summed E-state index contributed by atoms with van der Waals surface area (Å²) in [7, 11) is 0. The molecular formula is C18H33N7O6. The van der Waals surface area contributed by atoms with Crippen LogP contribution in [0.15, 0.2) is 4.99 Å². The van der Waals surface area contributed by atoms with Crippen LogP contribution >= 0.6 is 0 Å². The number of aliphatic hydroxyl groups is 1. The van der Waals surface area contributed by atoms with Gasteiger partial charge in [0.15, 0.2) is 12.0 Å². The van der Waals surface area contributed by atoms with Crippen molar-refractivity contribution in [2.75, 3.05) is 13.1 Å². The second kappa shape index (κ2) is 12.1.